The molecule has 0 atom stereocenters. The highest BCUT2D eigenvalue weighted by Gasteiger charge is 2.10. The minimum absolute atomic E-state index is 0.0600. The second-order valence-electron chi connectivity index (χ2n) is 2.93. The van der Waals surface area contributed by atoms with Gasteiger partial charge in [-0.3, -0.25) is 5.41 Å². The third-order valence-electron chi connectivity index (χ3n) is 1.95. The average Bonchev–Trinajstić information content (AvgIpc) is 2.17. The lowest BCUT2D eigenvalue weighted by atomic mass is 10.0. The van der Waals surface area contributed by atoms with Crippen molar-refractivity contribution in [2.75, 3.05) is 7.11 Å². The van der Waals surface area contributed by atoms with Crippen LogP contribution in [0.3, 0.4) is 0 Å². The number of hydrogen-bond donors (Lipinski definition) is 2. The number of amidine groups is 1. The summed E-state index contributed by atoms with van der Waals surface area (Å²) < 4.78 is 4.60. The summed E-state index contributed by atoms with van der Waals surface area (Å²) in [7, 11) is 1.32. The molecule has 1 rings (SSSR count). The molecule has 0 saturated carbocycles. The van der Waals surface area contributed by atoms with E-state index in [9.17, 15) is 4.79 Å². The molecule has 0 aliphatic heterocycles. The Bertz CT molecular complexity index is 386. The van der Waals surface area contributed by atoms with E-state index in [1.165, 1.54) is 7.11 Å². The molecule has 74 valence electrons. The zero-order chi connectivity index (χ0) is 10.7. The number of rotatable bonds is 2. The van der Waals surface area contributed by atoms with Gasteiger partial charge in [0.05, 0.1) is 12.7 Å². The predicted octanol–water partition coefficient (Wildman–Crippen LogP) is 1.07. The third-order valence-corrected chi connectivity index (χ3v) is 1.95. The van der Waals surface area contributed by atoms with Crippen LogP contribution in [0.5, 0.6) is 0 Å². The molecule has 0 unspecified atom stereocenters. The molecule has 1 aromatic rings. The van der Waals surface area contributed by atoms with Crippen molar-refractivity contribution in [1.29, 1.82) is 5.41 Å². The molecule has 0 radical (unpaired) electrons. The topological polar surface area (TPSA) is 76.2 Å². The van der Waals surface area contributed by atoms with Crippen LogP contribution in [-0.4, -0.2) is 18.9 Å². The number of nitrogen functional groups attached to an aromatic ring is 1. The summed E-state index contributed by atoms with van der Waals surface area (Å²) in [4.78, 5) is 11.3. The van der Waals surface area contributed by atoms with E-state index in [1.807, 2.05) is 0 Å². The van der Waals surface area contributed by atoms with Crippen molar-refractivity contribution in [3.05, 3.63) is 34.9 Å². The first-order chi connectivity index (χ1) is 6.56. The van der Waals surface area contributed by atoms with Crippen molar-refractivity contribution in [2.24, 2.45) is 5.73 Å². The zero-order valence-corrected chi connectivity index (χ0v) is 8.13. The van der Waals surface area contributed by atoms with Crippen LogP contribution in [0.2, 0.25) is 0 Å². The van der Waals surface area contributed by atoms with Gasteiger partial charge >= 0.3 is 5.97 Å². The van der Waals surface area contributed by atoms with Crippen LogP contribution in [0.4, 0.5) is 0 Å². The maximum absolute atomic E-state index is 11.3. The van der Waals surface area contributed by atoms with Crippen molar-refractivity contribution in [3.8, 4) is 0 Å². The monoisotopic (exact) mass is 192 g/mol. The Hall–Kier alpha value is -1.84. The van der Waals surface area contributed by atoms with E-state index in [4.69, 9.17) is 11.1 Å². The third kappa shape index (κ3) is 1.90. The second-order valence-corrected chi connectivity index (χ2v) is 2.93. The van der Waals surface area contributed by atoms with Gasteiger partial charge in [-0.05, 0) is 18.6 Å². The van der Waals surface area contributed by atoms with Crippen LogP contribution in [-0.2, 0) is 4.74 Å². The van der Waals surface area contributed by atoms with Gasteiger partial charge in [0.25, 0.3) is 0 Å². The molecule has 0 heterocycles. The fourth-order valence-corrected chi connectivity index (χ4v) is 1.12. The maximum Gasteiger partial charge on any atom is 0.338 e. The molecular formula is C10H12N2O2. The molecule has 0 aliphatic carbocycles. The van der Waals surface area contributed by atoms with Crippen LogP contribution in [0.1, 0.15) is 21.5 Å². The highest BCUT2D eigenvalue weighted by Crippen LogP contribution is 2.11. The van der Waals surface area contributed by atoms with Crippen LogP contribution in [0, 0.1) is 12.3 Å². The molecule has 1 aromatic carbocycles. The fourth-order valence-electron chi connectivity index (χ4n) is 1.12. The number of methoxy groups -OCH3 is 1. The number of esters is 1. The standard InChI is InChI=1S/C10H12N2O2/c1-6-3-4-7(9(11)12)5-8(6)10(13)14-2/h3-5H,1-2H3,(H3,11,12). The summed E-state index contributed by atoms with van der Waals surface area (Å²) in [6.45, 7) is 1.80. The van der Waals surface area contributed by atoms with E-state index in [1.54, 1.807) is 25.1 Å². The number of nitrogens with one attached hydrogen (secondary N) is 1. The van der Waals surface area contributed by atoms with Gasteiger partial charge in [-0.2, -0.15) is 0 Å². The number of nitrogens with two attached hydrogens (primary N) is 1. The van der Waals surface area contributed by atoms with E-state index in [-0.39, 0.29) is 5.84 Å². The van der Waals surface area contributed by atoms with Crippen molar-refractivity contribution in [3.63, 3.8) is 0 Å². The Morgan fingerprint density at radius 2 is 2.14 bits per heavy atom. The predicted molar refractivity (Wildman–Crippen MR) is 53.5 cm³/mol. The largest absolute Gasteiger partial charge is 0.465 e. The molecule has 14 heavy (non-hydrogen) atoms. The lowest BCUT2D eigenvalue weighted by Crippen LogP contribution is -2.13. The highest BCUT2D eigenvalue weighted by atomic mass is 16.5. The Labute approximate surface area is 82.2 Å². The summed E-state index contributed by atoms with van der Waals surface area (Å²) in [5.74, 6) is -0.472. The van der Waals surface area contributed by atoms with Crippen LogP contribution < -0.4 is 5.73 Å². The summed E-state index contributed by atoms with van der Waals surface area (Å²) in [6, 6.07) is 5.00. The number of aryl methyl sites for hydroxylation is 1. The molecule has 4 nitrogen and oxygen atoms in total. The summed E-state index contributed by atoms with van der Waals surface area (Å²) in [5, 5.41) is 7.23. The number of carbonyl (C=O) groups is 1. The smallest absolute Gasteiger partial charge is 0.338 e. The molecule has 0 saturated heterocycles. The van der Waals surface area contributed by atoms with Gasteiger partial charge in [-0.1, -0.05) is 12.1 Å². The molecule has 0 fully saturated rings. The Morgan fingerprint density at radius 1 is 1.50 bits per heavy atom. The van der Waals surface area contributed by atoms with E-state index < -0.39 is 5.97 Å². The first-order valence-corrected chi connectivity index (χ1v) is 4.09. The maximum atomic E-state index is 11.3. The van der Waals surface area contributed by atoms with Crippen molar-refractivity contribution in [1.82, 2.24) is 0 Å². The van der Waals surface area contributed by atoms with Gasteiger partial charge in [-0.15, -0.1) is 0 Å². The molecule has 4 heteroatoms. The Balaban J connectivity index is 3.21. The molecule has 0 aliphatic rings. The lowest BCUT2D eigenvalue weighted by Gasteiger charge is -2.05. The van der Waals surface area contributed by atoms with Gasteiger partial charge < -0.3 is 10.5 Å². The SMILES string of the molecule is COC(=O)c1cc(C(=N)N)ccc1C. The van der Waals surface area contributed by atoms with E-state index in [2.05, 4.69) is 4.74 Å². The van der Waals surface area contributed by atoms with E-state index in [0.717, 1.165) is 5.56 Å². The highest BCUT2D eigenvalue weighted by molar-refractivity contribution is 5.99. The van der Waals surface area contributed by atoms with Gasteiger partial charge in [0.1, 0.15) is 5.84 Å². The second kappa shape index (κ2) is 3.91. The van der Waals surface area contributed by atoms with Crippen LogP contribution in [0.15, 0.2) is 18.2 Å². The first-order valence-electron chi connectivity index (χ1n) is 4.09. The van der Waals surface area contributed by atoms with Gasteiger partial charge in [-0.25, -0.2) is 4.79 Å². The minimum Gasteiger partial charge on any atom is -0.465 e. The summed E-state index contributed by atoms with van der Waals surface area (Å²) in [6.07, 6.45) is 0. The number of ether oxygens (including phenoxy) is 1. The number of carbonyl (C=O) groups excluding carboxylic acids is 1. The van der Waals surface area contributed by atoms with E-state index >= 15 is 0 Å². The van der Waals surface area contributed by atoms with Gasteiger partial charge in [0, 0.05) is 5.56 Å². The molecule has 0 bridgehead atoms. The molecule has 0 spiro atoms. The number of hydrogen-bond acceptors (Lipinski definition) is 3. The van der Waals surface area contributed by atoms with Gasteiger partial charge in [0.15, 0.2) is 0 Å². The summed E-state index contributed by atoms with van der Waals surface area (Å²) >= 11 is 0. The van der Waals surface area contributed by atoms with Crippen LogP contribution >= 0.6 is 0 Å². The van der Waals surface area contributed by atoms with Crippen molar-refractivity contribution >= 4 is 11.8 Å². The van der Waals surface area contributed by atoms with E-state index in [0.29, 0.717) is 11.1 Å². The first kappa shape index (κ1) is 10.2. The van der Waals surface area contributed by atoms with Crippen molar-refractivity contribution in [2.45, 2.75) is 6.92 Å². The molecule has 3 N–H and O–H groups in total. The lowest BCUT2D eigenvalue weighted by molar-refractivity contribution is 0.0600. The quantitative estimate of drug-likeness (QED) is 0.418. The Morgan fingerprint density at radius 3 is 2.64 bits per heavy atom. The normalized spacial score (nSPS) is 9.57. The fraction of sp³-hybridized carbons (Fsp3) is 0.200. The Kier molecular flexibility index (Phi) is 2.86. The van der Waals surface area contributed by atoms with Crippen molar-refractivity contribution < 1.29 is 9.53 Å². The average molecular weight is 192 g/mol. The summed E-state index contributed by atoms with van der Waals surface area (Å²) in [5.41, 5.74) is 7.08. The molecule has 0 amide bonds. The molecule has 0 aromatic heterocycles. The van der Waals surface area contributed by atoms with Gasteiger partial charge in [0.2, 0.25) is 0 Å². The minimum atomic E-state index is -0.411. The zero-order valence-electron chi connectivity index (χ0n) is 8.13. The molecular weight excluding hydrogens is 180 g/mol. The number of benzene rings is 1. The van der Waals surface area contributed by atoms with Crippen LogP contribution in [0.25, 0.3) is 0 Å².